The van der Waals surface area contributed by atoms with Gasteiger partial charge in [0.25, 0.3) is 5.91 Å². The van der Waals surface area contributed by atoms with E-state index in [1.54, 1.807) is 0 Å². The summed E-state index contributed by atoms with van der Waals surface area (Å²) in [5.74, 6) is 1.29. The van der Waals surface area contributed by atoms with Crippen LogP contribution in [-0.4, -0.2) is 42.6 Å². The molecule has 0 spiro atoms. The molecular weight excluding hydrogens is 204 g/mol. The van der Waals surface area contributed by atoms with E-state index >= 15 is 0 Å². The number of carbonyl (C=O) groups is 1. The van der Waals surface area contributed by atoms with E-state index in [2.05, 4.69) is 0 Å². The minimum atomic E-state index is -0.306. The molecule has 0 unspecified atom stereocenters. The molecule has 1 saturated carbocycles. The second kappa shape index (κ2) is 4.72. The Balaban J connectivity index is 1.91. The molecule has 1 saturated heterocycles. The lowest BCUT2D eigenvalue weighted by Crippen LogP contribution is -2.39. The summed E-state index contributed by atoms with van der Waals surface area (Å²) >= 11 is 0. The lowest BCUT2D eigenvalue weighted by Gasteiger charge is -2.22. The molecule has 0 radical (unpaired) electrons. The van der Waals surface area contributed by atoms with Crippen LogP contribution in [0.1, 0.15) is 26.7 Å². The van der Waals surface area contributed by atoms with Gasteiger partial charge in [-0.2, -0.15) is 0 Å². The monoisotopic (exact) mass is 226 g/mol. The molecule has 0 aromatic heterocycles. The van der Waals surface area contributed by atoms with Crippen molar-refractivity contribution in [1.29, 1.82) is 0 Å². The van der Waals surface area contributed by atoms with Gasteiger partial charge in [0.15, 0.2) is 0 Å². The largest absolute Gasteiger partial charge is 0.369 e. The third kappa shape index (κ3) is 2.09. The number of amides is 1. The summed E-state index contributed by atoms with van der Waals surface area (Å²) in [6.45, 7) is 6.06. The highest BCUT2D eigenvalue weighted by Gasteiger charge is 2.43. The van der Waals surface area contributed by atoms with Gasteiger partial charge in [-0.25, -0.2) is 0 Å². The Kier molecular flexibility index (Phi) is 3.50. The molecular formula is C12H22N2O2. The molecule has 1 aliphatic heterocycles. The molecule has 4 nitrogen and oxygen atoms in total. The van der Waals surface area contributed by atoms with Crippen molar-refractivity contribution < 1.29 is 9.53 Å². The van der Waals surface area contributed by atoms with Crippen molar-refractivity contribution in [3.05, 3.63) is 0 Å². The van der Waals surface area contributed by atoms with E-state index in [-0.39, 0.29) is 12.0 Å². The van der Waals surface area contributed by atoms with Crippen LogP contribution in [0.4, 0.5) is 0 Å². The van der Waals surface area contributed by atoms with Crippen molar-refractivity contribution in [1.82, 2.24) is 4.90 Å². The van der Waals surface area contributed by atoms with E-state index in [4.69, 9.17) is 10.5 Å². The fraction of sp³-hybridized carbons (Fsp3) is 0.917. The molecule has 2 N–H and O–H groups in total. The van der Waals surface area contributed by atoms with Gasteiger partial charge in [0, 0.05) is 25.7 Å². The zero-order valence-corrected chi connectivity index (χ0v) is 10.2. The van der Waals surface area contributed by atoms with E-state index in [0.29, 0.717) is 24.5 Å². The Morgan fingerprint density at radius 1 is 1.50 bits per heavy atom. The molecule has 16 heavy (non-hydrogen) atoms. The van der Waals surface area contributed by atoms with Crippen LogP contribution in [0.2, 0.25) is 0 Å². The van der Waals surface area contributed by atoms with Crippen molar-refractivity contribution in [2.45, 2.75) is 38.8 Å². The SMILES string of the molecule is CCO[C@H](C)C(=O)N1C[C@@H]2CC[C@@H](N)[C@H]2C1. The maximum Gasteiger partial charge on any atom is 0.251 e. The minimum absolute atomic E-state index is 0.128. The Hall–Kier alpha value is -0.610. The van der Waals surface area contributed by atoms with E-state index in [0.717, 1.165) is 19.5 Å². The van der Waals surface area contributed by atoms with Gasteiger partial charge >= 0.3 is 0 Å². The van der Waals surface area contributed by atoms with Crippen molar-refractivity contribution in [2.75, 3.05) is 19.7 Å². The van der Waals surface area contributed by atoms with E-state index < -0.39 is 0 Å². The topological polar surface area (TPSA) is 55.6 Å². The lowest BCUT2D eigenvalue weighted by atomic mass is 9.98. The number of likely N-dealkylation sites (tertiary alicyclic amines) is 1. The molecule has 0 aromatic rings. The first-order chi connectivity index (χ1) is 7.63. The number of fused-ring (bicyclic) bond motifs is 1. The highest BCUT2D eigenvalue weighted by atomic mass is 16.5. The first kappa shape index (κ1) is 11.9. The van der Waals surface area contributed by atoms with E-state index in [9.17, 15) is 4.79 Å². The zero-order valence-electron chi connectivity index (χ0n) is 10.2. The summed E-state index contributed by atoms with van der Waals surface area (Å²) in [5, 5.41) is 0. The van der Waals surface area contributed by atoms with Crippen LogP contribution in [0.5, 0.6) is 0 Å². The number of nitrogens with zero attached hydrogens (tertiary/aromatic N) is 1. The molecule has 92 valence electrons. The molecule has 0 bridgehead atoms. The van der Waals surface area contributed by atoms with Crippen molar-refractivity contribution in [3.8, 4) is 0 Å². The molecule has 2 rings (SSSR count). The summed E-state index contributed by atoms with van der Waals surface area (Å²) in [6.07, 6.45) is 2.00. The van der Waals surface area contributed by atoms with Gasteiger partial charge in [-0.05, 0) is 38.5 Å². The molecule has 1 aliphatic carbocycles. The Morgan fingerprint density at radius 2 is 2.25 bits per heavy atom. The standard InChI is InChI=1S/C12H22N2O2/c1-3-16-8(2)12(15)14-6-9-4-5-11(13)10(9)7-14/h8-11H,3-7,13H2,1-2H3/t8-,9+,10+,11-/m1/s1. The third-order valence-electron chi connectivity index (χ3n) is 3.99. The Bertz CT molecular complexity index is 270. The highest BCUT2D eigenvalue weighted by molar-refractivity contribution is 5.80. The fourth-order valence-electron chi connectivity index (χ4n) is 3.07. The van der Waals surface area contributed by atoms with E-state index in [1.165, 1.54) is 6.42 Å². The van der Waals surface area contributed by atoms with Gasteiger partial charge in [0.2, 0.25) is 0 Å². The van der Waals surface area contributed by atoms with Gasteiger partial charge in [0.1, 0.15) is 6.10 Å². The second-order valence-electron chi connectivity index (χ2n) is 5.01. The number of hydrogen-bond donors (Lipinski definition) is 1. The van der Waals surface area contributed by atoms with Gasteiger partial charge in [-0.15, -0.1) is 0 Å². The van der Waals surface area contributed by atoms with Crippen molar-refractivity contribution in [3.63, 3.8) is 0 Å². The molecule has 4 atom stereocenters. The number of carbonyl (C=O) groups excluding carboxylic acids is 1. The maximum absolute atomic E-state index is 12.0. The quantitative estimate of drug-likeness (QED) is 0.767. The Labute approximate surface area is 97.1 Å². The number of ether oxygens (including phenoxy) is 1. The van der Waals surface area contributed by atoms with Crippen molar-refractivity contribution >= 4 is 5.91 Å². The summed E-state index contributed by atoms with van der Waals surface area (Å²) in [4.78, 5) is 14.0. The van der Waals surface area contributed by atoms with Gasteiger partial charge in [0.05, 0.1) is 0 Å². The molecule has 2 fully saturated rings. The normalized spacial score (nSPS) is 35.2. The van der Waals surface area contributed by atoms with Crippen LogP contribution in [-0.2, 0) is 9.53 Å². The molecule has 0 aromatic carbocycles. The summed E-state index contributed by atoms with van der Waals surface area (Å²) < 4.78 is 5.34. The van der Waals surface area contributed by atoms with Crippen LogP contribution in [0.15, 0.2) is 0 Å². The molecule has 1 heterocycles. The summed E-state index contributed by atoms with van der Waals surface area (Å²) in [6, 6.07) is 0.296. The average Bonchev–Trinajstić information content (AvgIpc) is 2.81. The molecule has 1 amide bonds. The number of rotatable bonds is 3. The van der Waals surface area contributed by atoms with Gasteiger partial charge < -0.3 is 15.4 Å². The first-order valence-corrected chi connectivity index (χ1v) is 6.29. The van der Waals surface area contributed by atoms with Gasteiger partial charge in [-0.3, -0.25) is 4.79 Å². The van der Waals surface area contributed by atoms with Crippen LogP contribution in [0, 0.1) is 11.8 Å². The molecule has 2 aliphatic rings. The Morgan fingerprint density at radius 3 is 2.88 bits per heavy atom. The van der Waals surface area contributed by atoms with Crippen LogP contribution in [0.3, 0.4) is 0 Å². The van der Waals surface area contributed by atoms with Crippen molar-refractivity contribution in [2.24, 2.45) is 17.6 Å². The van der Waals surface area contributed by atoms with Crippen LogP contribution >= 0.6 is 0 Å². The zero-order chi connectivity index (χ0) is 11.7. The smallest absolute Gasteiger partial charge is 0.251 e. The minimum Gasteiger partial charge on any atom is -0.369 e. The van der Waals surface area contributed by atoms with Crippen LogP contribution in [0.25, 0.3) is 0 Å². The molecule has 4 heteroatoms. The van der Waals surface area contributed by atoms with E-state index in [1.807, 2.05) is 18.7 Å². The predicted octanol–water partition coefficient (Wildman–Crippen LogP) is 0.607. The number of nitrogens with two attached hydrogens (primary N) is 1. The average molecular weight is 226 g/mol. The summed E-state index contributed by atoms with van der Waals surface area (Å²) in [5.41, 5.74) is 6.05. The predicted molar refractivity (Wildman–Crippen MR) is 61.9 cm³/mol. The fourth-order valence-corrected chi connectivity index (χ4v) is 3.07. The summed E-state index contributed by atoms with van der Waals surface area (Å²) in [7, 11) is 0. The first-order valence-electron chi connectivity index (χ1n) is 6.29. The second-order valence-corrected chi connectivity index (χ2v) is 5.01. The third-order valence-corrected chi connectivity index (χ3v) is 3.99. The number of hydrogen-bond acceptors (Lipinski definition) is 3. The highest BCUT2D eigenvalue weighted by Crippen LogP contribution is 2.37. The lowest BCUT2D eigenvalue weighted by molar-refractivity contribution is -0.141. The maximum atomic E-state index is 12.0. The van der Waals surface area contributed by atoms with Gasteiger partial charge in [-0.1, -0.05) is 0 Å². The van der Waals surface area contributed by atoms with Crippen LogP contribution < -0.4 is 5.73 Å².